The lowest BCUT2D eigenvalue weighted by atomic mass is 10.2. The molecular weight excluding hydrogens is 360 g/mol. The van der Waals surface area contributed by atoms with Crippen LogP contribution in [0.1, 0.15) is 24.2 Å². The zero-order valence-electron chi connectivity index (χ0n) is 15.0. The van der Waals surface area contributed by atoms with Gasteiger partial charge >= 0.3 is 5.97 Å². The Balaban J connectivity index is 2.06. The summed E-state index contributed by atoms with van der Waals surface area (Å²) in [6.45, 7) is 3.49. The third kappa shape index (κ3) is 5.16. The molecule has 0 aliphatic carbocycles. The second kappa shape index (κ2) is 8.98. The minimum Gasteiger partial charge on any atom is -0.493 e. The van der Waals surface area contributed by atoms with Gasteiger partial charge in [-0.1, -0.05) is 0 Å². The van der Waals surface area contributed by atoms with E-state index in [1.54, 1.807) is 13.0 Å². The van der Waals surface area contributed by atoms with E-state index >= 15 is 0 Å². The Bertz CT molecular complexity index is 841. The maximum atomic E-state index is 13.6. The number of halogens is 2. The lowest BCUT2D eigenvalue weighted by Gasteiger charge is -2.15. The molecule has 0 saturated heterocycles. The molecule has 144 valence electrons. The second-order valence-electron chi connectivity index (χ2n) is 5.46. The molecule has 0 aliphatic rings. The molecule has 0 unspecified atom stereocenters. The second-order valence-corrected chi connectivity index (χ2v) is 5.46. The minimum absolute atomic E-state index is 0.159. The van der Waals surface area contributed by atoms with Crippen LogP contribution in [0.25, 0.3) is 0 Å². The molecule has 27 heavy (non-hydrogen) atoms. The number of hydrogen-bond donors (Lipinski definition) is 1. The molecule has 0 radical (unpaired) electrons. The largest absolute Gasteiger partial charge is 0.493 e. The summed E-state index contributed by atoms with van der Waals surface area (Å²) in [5.74, 6) is -2.41. The molecule has 1 amide bonds. The molecular formula is C19H19F2NO5. The quantitative estimate of drug-likeness (QED) is 0.745. The van der Waals surface area contributed by atoms with Crippen molar-refractivity contribution in [2.45, 2.75) is 20.0 Å². The zero-order chi connectivity index (χ0) is 20.0. The maximum Gasteiger partial charge on any atom is 0.339 e. The summed E-state index contributed by atoms with van der Waals surface area (Å²) < 4.78 is 42.1. The Morgan fingerprint density at radius 1 is 1.11 bits per heavy atom. The average molecular weight is 379 g/mol. The molecule has 0 fully saturated rings. The first-order valence-corrected chi connectivity index (χ1v) is 8.13. The highest BCUT2D eigenvalue weighted by molar-refractivity contribution is 5.97. The molecule has 2 aromatic rings. The van der Waals surface area contributed by atoms with E-state index in [-0.39, 0.29) is 11.3 Å². The molecule has 0 saturated carbocycles. The Hall–Kier alpha value is -3.16. The first-order valence-electron chi connectivity index (χ1n) is 8.13. The van der Waals surface area contributed by atoms with E-state index in [4.69, 9.17) is 14.2 Å². The van der Waals surface area contributed by atoms with Gasteiger partial charge < -0.3 is 19.5 Å². The van der Waals surface area contributed by atoms with Crippen molar-refractivity contribution in [1.82, 2.24) is 0 Å². The number of benzene rings is 2. The van der Waals surface area contributed by atoms with Crippen LogP contribution in [0.15, 0.2) is 36.4 Å². The molecule has 0 aliphatic heterocycles. The van der Waals surface area contributed by atoms with Crippen molar-refractivity contribution in [2.24, 2.45) is 0 Å². The van der Waals surface area contributed by atoms with E-state index in [1.165, 1.54) is 26.2 Å². The van der Waals surface area contributed by atoms with E-state index in [1.807, 2.05) is 0 Å². The van der Waals surface area contributed by atoms with Crippen molar-refractivity contribution in [2.75, 3.05) is 19.0 Å². The molecule has 0 spiro atoms. The summed E-state index contributed by atoms with van der Waals surface area (Å²) in [5.41, 5.74) is -0.0563. The van der Waals surface area contributed by atoms with Gasteiger partial charge in [0.1, 0.15) is 11.6 Å². The molecule has 0 heterocycles. The van der Waals surface area contributed by atoms with Crippen molar-refractivity contribution in [3.8, 4) is 11.5 Å². The van der Waals surface area contributed by atoms with E-state index in [9.17, 15) is 18.4 Å². The van der Waals surface area contributed by atoms with Crippen molar-refractivity contribution >= 4 is 17.6 Å². The van der Waals surface area contributed by atoms with Crippen LogP contribution in [0.5, 0.6) is 11.5 Å². The number of methoxy groups -OCH3 is 1. The molecule has 0 bridgehead atoms. The fourth-order valence-corrected chi connectivity index (χ4v) is 2.18. The van der Waals surface area contributed by atoms with Crippen LogP contribution < -0.4 is 14.8 Å². The zero-order valence-corrected chi connectivity index (χ0v) is 15.0. The van der Waals surface area contributed by atoms with E-state index < -0.39 is 29.6 Å². The fourth-order valence-electron chi connectivity index (χ4n) is 2.18. The summed E-state index contributed by atoms with van der Waals surface area (Å²) >= 11 is 0. The number of carbonyl (C=O) groups excluding carboxylic acids is 2. The van der Waals surface area contributed by atoms with E-state index in [0.717, 1.165) is 12.1 Å². The van der Waals surface area contributed by atoms with Gasteiger partial charge in [0.25, 0.3) is 5.91 Å². The predicted octanol–water partition coefficient (Wildman–Crippen LogP) is 3.56. The number of anilines is 1. The van der Waals surface area contributed by atoms with Crippen molar-refractivity contribution < 1.29 is 32.6 Å². The monoisotopic (exact) mass is 379 g/mol. The fraction of sp³-hybridized carbons (Fsp3) is 0.263. The molecule has 2 aromatic carbocycles. The molecule has 6 nitrogen and oxygen atoms in total. The van der Waals surface area contributed by atoms with Crippen LogP contribution in [-0.2, 0) is 9.53 Å². The standard InChI is InChI=1S/C19H19F2NO5/c1-4-26-17-9-12(5-8-16(17)25-3)19(24)27-11(2)18(23)22-15-7-6-13(20)10-14(15)21/h5-11H,4H2,1-3H3,(H,22,23)/t11-/m1/s1. The normalized spacial score (nSPS) is 11.4. The van der Waals surface area contributed by atoms with Gasteiger partial charge in [-0.3, -0.25) is 4.79 Å². The molecule has 2 rings (SSSR count). The van der Waals surface area contributed by atoms with Crippen LogP contribution in [0.4, 0.5) is 14.5 Å². The van der Waals surface area contributed by atoms with E-state index in [2.05, 4.69) is 5.32 Å². The Morgan fingerprint density at radius 3 is 2.48 bits per heavy atom. The minimum atomic E-state index is -1.21. The number of amides is 1. The van der Waals surface area contributed by atoms with Gasteiger partial charge in [-0.15, -0.1) is 0 Å². The van der Waals surface area contributed by atoms with Crippen LogP contribution in [0.2, 0.25) is 0 Å². The van der Waals surface area contributed by atoms with Crippen LogP contribution in [-0.4, -0.2) is 31.7 Å². The summed E-state index contributed by atoms with van der Waals surface area (Å²) in [5, 5.41) is 2.24. The number of hydrogen-bond acceptors (Lipinski definition) is 5. The molecule has 1 N–H and O–H groups in total. The van der Waals surface area contributed by atoms with Crippen molar-refractivity contribution in [1.29, 1.82) is 0 Å². The number of nitrogens with one attached hydrogen (secondary N) is 1. The SMILES string of the molecule is CCOc1cc(C(=O)O[C@H](C)C(=O)Nc2ccc(F)cc2F)ccc1OC. The van der Waals surface area contributed by atoms with Gasteiger partial charge in [-0.05, 0) is 44.2 Å². The Morgan fingerprint density at radius 2 is 1.85 bits per heavy atom. The van der Waals surface area contributed by atoms with Gasteiger partial charge in [0.05, 0.1) is 25.0 Å². The first-order chi connectivity index (χ1) is 12.8. The lowest BCUT2D eigenvalue weighted by Crippen LogP contribution is -2.30. The third-order valence-electron chi connectivity index (χ3n) is 3.54. The highest BCUT2D eigenvalue weighted by Gasteiger charge is 2.21. The summed E-state index contributed by atoms with van der Waals surface area (Å²) in [6.07, 6.45) is -1.21. The van der Waals surface area contributed by atoms with Gasteiger partial charge in [0, 0.05) is 6.07 Å². The number of esters is 1. The average Bonchev–Trinajstić information content (AvgIpc) is 2.64. The highest BCUT2D eigenvalue weighted by atomic mass is 19.1. The van der Waals surface area contributed by atoms with Gasteiger partial charge in [0.15, 0.2) is 17.6 Å². The Labute approximate surface area is 155 Å². The smallest absolute Gasteiger partial charge is 0.339 e. The molecule has 8 heteroatoms. The third-order valence-corrected chi connectivity index (χ3v) is 3.54. The highest BCUT2D eigenvalue weighted by Crippen LogP contribution is 2.28. The summed E-state index contributed by atoms with van der Waals surface area (Å²) in [4.78, 5) is 24.4. The summed E-state index contributed by atoms with van der Waals surface area (Å²) in [7, 11) is 1.47. The summed E-state index contributed by atoms with van der Waals surface area (Å²) in [6, 6.07) is 7.17. The van der Waals surface area contributed by atoms with Gasteiger partial charge in [-0.2, -0.15) is 0 Å². The lowest BCUT2D eigenvalue weighted by molar-refractivity contribution is -0.123. The number of rotatable bonds is 7. The van der Waals surface area contributed by atoms with Crippen LogP contribution in [0.3, 0.4) is 0 Å². The Kier molecular flexibility index (Phi) is 6.70. The van der Waals surface area contributed by atoms with Gasteiger partial charge in [-0.25, -0.2) is 13.6 Å². The first kappa shape index (κ1) is 20.2. The van der Waals surface area contributed by atoms with Crippen molar-refractivity contribution in [3.63, 3.8) is 0 Å². The maximum absolute atomic E-state index is 13.6. The molecule has 1 atom stereocenters. The predicted molar refractivity (Wildman–Crippen MR) is 94.0 cm³/mol. The number of carbonyl (C=O) groups is 2. The van der Waals surface area contributed by atoms with Crippen LogP contribution in [0, 0.1) is 11.6 Å². The van der Waals surface area contributed by atoms with E-state index in [0.29, 0.717) is 24.2 Å². The molecule has 0 aromatic heterocycles. The van der Waals surface area contributed by atoms with Crippen molar-refractivity contribution in [3.05, 3.63) is 53.6 Å². The van der Waals surface area contributed by atoms with Gasteiger partial charge in [0.2, 0.25) is 0 Å². The van der Waals surface area contributed by atoms with Crippen LogP contribution >= 0.6 is 0 Å². The number of ether oxygens (including phenoxy) is 3. The topological polar surface area (TPSA) is 73.9 Å².